The second-order valence-corrected chi connectivity index (χ2v) is 3.60. The van der Waals surface area contributed by atoms with Crippen LogP contribution in [0.4, 0.5) is 11.6 Å². The van der Waals surface area contributed by atoms with Gasteiger partial charge in [-0.3, -0.25) is 0 Å². The fraction of sp³-hybridized carbons (Fsp3) is 0.500. The number of anilines is 2. The minimum atomic E-state index is -0.416. The summed E-state index contributed by atoms with van der Waals surface area (Å²) in [6.45, 7) is 3.75. The Labute approximate surface area is 82.5 Å². The smallest absolute Gasteiger partial charge is 0.145 e. The molecule has 14 heavy (non-hydrogen) atoms. The van der Waals surface area contributed by atoms with Crippen LogP contribution in [0.25, 0.3) is 0 Å². The Balaban J connectivity index is 2.76. The molecule has 0 aliphatic rings. The first-order valence-corrected chi connectivity index (χ1v) is 4.25. The van der Waals surface area contributed by atoms with E-state index in [-0.39, 0.29) is 6.61 Å². The van der Waals surface area contributed by atoms with E-state index in [0.29, 0.717) is 11.6 Å². The van der Waals surface area contributed by atoms with Crippen LogP contribution in [0, 0.1) is 0 Å². The van der Waals surface area contributed by atoms with Crippen molar-refractivity contribution in [2.45, 2.75) is 19.4 Å². The number of hydrogen-bond donors (Lipinski definition) is 4. The molecule has 1 aromatic rings. The summed E-state index contributed by atoms with van der Waals surface area (Å²) in [7, 11) is 0. The van der Waals surface area contributed by atoms with Crippen LogP contribution in [0.15, 0.2) is 12.4 Å². The lowest BCUT2D eigenvalue weighted by molar-refractivity contribution is 0.234. The highest BCUT2D eigenvalue weighted by atomic mass is 16.3. The van der Waals surface area contributed by atoms with Gasteiger partial charge in [0.15, 0.2) is 0 Å². The Hall–Kier alpha value is -1.40. The highest BCUT2D eigenvalue weighted by molar-refractivity contribution is 5.46. The van der Waals surface area contributed by atoms with Gasteiger partial charge in [-0.25, -0.2) is 15.8 Å². The third kappa shape index (κ3) is 2.82. The van der Waals surface area contributed by atoms with Gasteiger partial charge in [0.1, 0.15) is 18.0 Å². The van der Waals surface area contributed by atoms with Gasteiger partial charge in [-0.1, -0.05) is 0 Å². The molecule has 0 bridgehead atoms. The number of rotatable bonds is 4. The van der Waals surface area contributed by atoms with E-state index in [4.69, 9.17) is 10.9 Å². The van der Waals surface area contributed by atoms with Crippen molar-refractivity contribution in [3.8, 4) is 0 Å². The van der Waals surface area contributed by atoms with Crippen molar-refractivity contribution in [2.75, 3.05) is 17.3 Å². The molecule has 0 aromatic carbocycles. The quantitative estimate of drug-likeness (QED) is 0.399. The molecule has 1 aromatic heterocycles. The SMILES string of the molecule is CC(C)(CO)Nc1cc(NN)ncn1. The van der Waals surface area contributed by atoms with Crippen molar-refractivity contribution in [3.63, 3.8) is 0 Å². The van der Waals surface area contributed by atoms with Gasteiger partial charge >= 0.3 is 0 Å². The van der Waals surface area contributed by atoms with E-state index < -0.39 is 5.54 Å². The van der Waals surface area contributed by atoms with Crippen LogP contribution in [-0.4, -0.2) is 27.2 Å². The first-order valence-electron chi connectivity index (χ1n) is 4.25. The van der Waals surface area contributed by atoms with Gasteiger partial charge in [-0.2, -0.15) is 0 Å². The molecule has 0 radical (unpaired) electrons. The molecule has 0 amide bonds. The molecule has 0 unspecified atom stereocenters. The molecule has 78 valence electrons. The van der Waals surface area contributed by atoms with Gasteiger partial charge in [-0.05, 0) is 13.8 Å². The van der Waals surface area contributed by atoms with Gasteiger partial charge in [0.05, 0.1) is 12.1 Å². The lowest BCUT2D eigenvalue weighted by Crippen LogP contribution is -2.35. The molecule has 0 saturated heterocycles. The molecule has 1 rings (SSSR count). The summed E-state index contributed by atoms with van der Waals surface area (Å²) in [5.41, 5.74) is 2.00. The zero-order valence-electron chi connectivity index (χ0n) is 8.28. The van der Waals surface area contributed by atoms with Gasteiger partial charge in [0, 0.05) is 6.07 Å². The van der Waals surface area contributed by atoms with Crippen molar-refractivity contribution in [3.05, 3.63) is 12.4 Å². The number of aromatic nitrogens is 2. The fourth-order valence-electron chi connectivity index (χ4n) is 0.891. The summed E-state index contributed by atoms with van der Waals surface area (Å²) >= 11 is 0. The summed E-state index contributed by atoms with van der Waals surface area (Å²) in [5.74, 6) is 6.34. The number of hydrazine groups is 1. The molecule has 0 spiro atoms. The molecule has 0 aliphatic carbocycles. The van der Waals surface area contributed by atoms with Gasteiger partial charge in [-0.15, -0.1) is 0 Å². The summed E-state index contributed by atoms with van der Waals surface area (Å²) in [6.07, 6.45) is 1.39. The van der Waals surface area contributed by atoms with Crippen molar-refractivity contribution < 1.29 is 5.11 Å². The van der Waals surface area contributed by atoms with Gasteiger partial charge in [0.2, 0.25) is 0 Å². The maximum Gasteiger partial charge on any atom is 0.145 e. The van der Waals surface area contributed by atoms with Crippen LogP contribution in [0.2, 0.25) is 0 Å². The maximum atomic E-state index is 9.04. The van der Waals surface area contributed by atoms with Gasteiger partial charge in [0.25, 0.3) is 0 Å². The predicted molar refractivity (Wildman–Crippen MR) is 54.6 cm³/mol. The number of nitrogen functional groups attached to an aromatic ring is 1. The second kappa shape index (κ2) is 4.21. The fourth-order valence-corrected chi connectivity index (χ4v) is 0.891. The Morgan fingerprint density at radius 1 is 1.43 bits per heavy atom. The minimum Gasteiger partial charge on any atom is -0.394 e. The molecule has 0 fully saturated rings. The second-order valence-electron chi connectivity index (χ2n) is 3.60. The molecule has 0 atom stereocenters. The Morgan fingerprint density at radius 2 is 2.07 bits per heavy atom. The summed E-state index contributed by atoms with van der Waals surface area (Å²) in [6, 6.07) is 1.66. The lowest BCUT2D eigenvalue weighted by atomic mass is 10.1. The summed E-state index contributed by atoms with van der Waals surface area (Å²) in [4.78, 5) is 7.86. The van der Waals surface area contributed by atoms with Crippen LogP contribution < -0.4 is 16.6 Å². The first-order chi connectivity index (χ1) is 6.57. The zero-order chi connectivity index (χ0) is 10.6. The largest absolute Gasteiger partial charge is 0.394 e. The first kappa shape index (κ1) is 10.7. The lowest BCUT2D eigenvalue weighted by Gasteiger charge is -2.24. The third-order valence-electron chi connectivity index (χ3n) is 1.68. The summed E-state index contributed by atoms with van der Waals surface area (Å²) < 4.78 is 0. The van der Waals surface area contributed by atoms with E-state index in [0.717, 1.165) is 0 Å². The molecule has 6 nitrogen and oxygen atoms in total. The predicted octanol–water partition coefficient (Wildman–Crippen LogP) is -0.0550. The van der Waals surface area contributed by atoms with Crippen molar-refractivity contribution in [2.24, 2.45) is 5.84 Å². The molecule has 6 heteroatoms. The van der Waals surface area contributed by atoms with Gasteiger partial charge < -0.3 is 15.8 Å². The van der Waals surface area contributed by atoms with E-state index in [2.05, 4.69) is 20.7 Å². The van der Waals surface area contributed by atoms with Crippen molar-refractivity contribution >= 4 is 11.6 Å². The van der Waals surface area contributed by atoms with Crippen LogP contribution in [0.3, 0.4) is 0 Å². The normalized spacial score (nSPS) is 11.1. The highest BCUT2D eigenvalue weighted by Crippen LogP contribution is 2.13. The van der Waals surface area contributed by atoms with Crippen LogP contribution in [-0.2, 0) is 0 Å². The molecular formula is C8H15N5O. The topological polar surface area (TPSA) is 96.1 Å². The van der Waals surface area contributed by atoms with E-state index in [1.807, 2.05) is 13.8 Å². The standard InChI is InChI=1S/C8H15N5O/c1-8(2,4-14)12-6-3-7(13-9)11-5-10-6/h3,5,14H,4,9H2,1-2H3,(H2,10,11,12,13). The minimum absolute atomic E-state index is 0.0163. The van der Waals surface area contributed by atoms with E-state index in [1.165, 1.54) is 6.33 Å². The van der Waals surface area contributed by atoms with Crippen molar-refractivity contribution in [1.29, 1.82) is 0 Å². The number of nitrogens with zero attached hydrogens (tertiary/aromatic N) is 2. The number of aliphatic hydroxyl groups is 1. The Kier molecular flexibility index (Phi) is 3.21. The Bertz CT molecular complexity index is 302. The van der Waals surface area contributed by atoms with E-state index in [9.17, 15) is 0 Å². The number of hydrogen-bond acceptors (Lipinski definition) is 6. The maximum absolute atomic E-state index is 9.04. The van der Waals surface area contributed by atoms with Crippen LogP contribution in [0.5, 0.6) is 0 Å². The van der Waals surface area contributed by atoms with Crippen LogP contribution >= 0.6 is 0 Å². The van der Waals surface area contributed by atoms with Crippen LogP contribution in [0.1, 0.15) is 13.8 Å². The number of nitrogens with one attached hydrogen (secondary N) is 2. The zero-order valence-corrected chi connectivity index (χ0v) is 8.28. The average Bonchev–Trinajstić information content (AvgIpc) is 2.17. The number of nitrogens with two attached hydrogens (primary N) is 1. The molecule has 1 heterocycles. The molecular weight excluding hydrogens is 182 g/mol. The highest BCUT2D eigenvalue weighted by Gasteiger charge is 2.16. The van der Waals surface area contributed by atoms with Crippen molar-refractivity contribution in [1.82, 2.24) is 9.97 Å². The molecule has 0 aliphatic heterocycles. The molecule has 0 saturated carbocycles. The third-order valence-corrected chi connectivity index (χ3v) is 1.68. The van der Waals surface area contributed by atoms with E-state index in [1.54, 1.807) is 6.07 Å². The molecule has 5 N–H and O–H groups in total. The summed E-state index contributed by atoms with van der Waals surface area (Å²) in [5, 5.41) is 12.1. The monoisotopic (exact) mass is 197 g/mol. The number of aliphatic hydroxyl groups excluding tert-OH is 1. The average molecular weight is 197 g/mol. The van der Waals surface area contributed by atoms with E-state index >= 15 is 0 Å². The Morgan fingerprint density at radius 3 is 2.64 bits per heavy atom.